The van der Waals surface area contributed by atoms with E-state index in [1.165, 1.54) is 4.90 Å². The third-order valence-electron chi connectivity index (χ3n) is 2.61. The third kappa shape index (κ3) is 3.07. The predicted molar refractivity (Wildman–Crippen MR) is 74.4 cm³/mol. The summed E-state index contributed by atoms with van der Waals surface area (Å²) in [6, 6.07) is 1.16. The molecule has 0 aliphatic carbocycles. The number of nitrogens with zero attached hydrogens (tertiary/aromatic N) is 2. The zero-order valence-electron chi connectivity index (χ0n) is 10.5. The van der Waals surface area contributed by atoms with Crippen LogP contribution in [0.15, 0.2) is 22.9 Å². The Morgan fingerprint density at radius 2 is 2.22 bits per heavy atom. The van der Waals surface area contributed by atoms with Crippen molar-refractivity contribution in [3.63, 3.8) is 0 Å². The number of halogens is 1. The zero-order chi connectivity index (χ0) is 13.7. The molecule has 1 fully saturated rings. The summed E-state index contributed by atoms with van der Waals surface area (Å²) < 4.78 is 0.854. The molecule has 3 N–H and O–H groups in total. The molecular formula is C12H17BrN4O. The second-order valence-electron chi connectivity index (χ2n) is 3.65. The van der Waals surface area contributed by atoms with Gasteiger partial charge in [-0.1, -0.05) is 13.8 Å². The first-order valence-electron chi connectivity index (χ1n) is 5.86. The summed E-state index contributed by atoms with van der Waals surface area (Å²) in [5.41, 5.74) is 6.17. The molecule has 98 valence electrons. The number of hydrogen-bond acceptors (Lipinski definition) is 3. The van der Waals surface area contributed by atoms with Gasteiger partial charge >= 0.3 is 6.03 Å². The van der Waals surface area contributed by atoms with Crippen LogP contribution in [0.3, 0.4) is 0 Å². The maximum atomic E-state index is 11.3. The Balaban J connectivity index is 0.000000771. The van der Waals surface area contributed by atoms with Gasteiger partial charge in [-0.15, -0.1) is 0 Å². The number of amidine groups is 1. The molecule has 2 heterocycles. The Morgan fingerprint density at radius 1 is 1.56 bits per heavy atom. The van der Waals surface area contributed by atoms with E-state index in [0.29, 0.717) is 6.42 Å². The Bertz CT molecular complexity index is 449. The highest BCUT2D eigenvalue weighted by Gasteiger charge is 2.33. The molecule has 1 atom stereocenters. The minimum Gasteiger partial charge on any atom is -0.351 e. The fourth-order valence-electron chi connectivity index (χ4n) is 1.92. The van der Waals surface area contributed by atoms with E-state index >= 15 is 0 Å². The van der Waals surface area contributed by atoms with Crippen molar-refractivity contribution < 1.29 is 4.79 Å². The number of likely N-dealkylation sites (tertiary alicyclic amines) is 1. The number of primary amides is 1. The van der Waals surface area contributed by atoms with Gasteiger partial charge in [0.1, 0.15) is 5.84 Å². The van der Waals surface area contributed by atoms with Gasteiger partial charge < -0.3 is 5.73 Å². The van der Waals surface area contributed by atoms with Crippen LogP contribution in [-0.2, 0) is 0 Å². The molecule has 0 radical (unpaired) electrons. The second-order valence-corrected chi connectivity index (χ2v) is 4.56. The van der Waals surface area contributed by atoms with E-state index in [2.05, 4.69) is 20.9 Å². The predicted octanol–water partition coefficient (Wildman–Crippen LogP) is 3.06. The topological polar surface area (TPSA) is 83.1 Å². The van der Waals surface area contributed by atoms with Crippen molar-refractivity contribution >= 4 is 27.8 Å². The molecule has 2 amide bonds. The van der Waals surface area contributed by atoms with E-state index in [0.717, 1.165) is 16.5 Å². The lowest BCUT2D eigenvalue weighted by Crippen LogP contribution is -2.38. The van der Waals surface area contributed by atoms with Crippen LogP contribution >= 0.6 is 15.9 Å². The highest BCUT2D eigenvalue weighted by Crippen LogP contribution is 2.33. The zero-order valence-corrected chi connectivity index (χ0v) is 12.1. The fraction of sp³-hybridized carbons (Fsp3) is 0.417. The van der Waals surface area contributed by atoms with Crippen molar-refractivity contribution in [1.29, 1.82) is 5.41 Å². The normalized spacial score (nSPS) is 18.3. The number of pyridine rings is 1. The number of hydrogen-bond donors (Lipinski definition) is 2. The van der Waals surface area contributed by atoms with Crippen LogP contribution in [0, 0.1) is 5.41 Å². The molecule has 2 rings (SSSR count). The van der Waals surface area contributed by atoms with Crippen molar-refractivity contribution in [2.45, 2.75) is 32.7 Å². The number of urea groups is 1. The molecule has 0 bridgehead atoms. The van der Waals surface area contributed by atoms with Crippen molar-refractivity contribution in [1.82, 2.24) is 9.88 Å². The number of nitrogens with two attached hydrogens (primary N) is 1. The summed E-state index contributed by atoms with van der Waals surface area (Å²) in [5, 5.41) is 7.66. The quantitative estimate of drug-likeness (QED) is 0.835. The van der Waals surface area contributed by atoms with Crippen LogP contribution < -0.4 is 5.73 Å². The lowest BCUT2D eigenvalue weighted by Gasteiger charge is -2.22. The summed E-state index contributed by atoms with van der Waals surface area (Å²) in [6.07, 6.45) is 4.67. The summed E-state index contributed by atoms with van der Waals surface area (Å²) in [6.45, 7) is 4.00. The van der Waals surface area contributed by atoms with Crippen LogP contribution in [0.5, 0.6) is 0 Å². The van der Waals surface area contributed by atoms with E-state index in [1.807, 2.05) is 19.9 Å². The first kappa shape index (κ1) is 14.6. The molecule has 1 unspecified atom stereocenters. The number of carbonyl (C=O) groups excluding carboxylic acids is 1. The molecule has 6 heteroatoms. The van der Waals surface area contributed by atoms with Crippen molar-refractivity contribution in [3.8, 4) is 0 Å². The van der Waals surface area contributed by atoms with E-state index in [-0.39, 0.29) is 11.9 Å². The highest BCUT2D eigenvalue weighted by atomic mass is 79.9. The Hall–Kier alpha value is -1.43. The number of nitrogens with one attached hydrogen (secondary N) is 1. The minimum absolute atomic E-state index is 0.157. The maximum absolute atomic E-state index is 11.3. The highest BCUT2D eigenvalue weighted by molar-refractivity contribution is 9.10. The van der Waals surface area contributed by atoms with Gasteiger partial charge in [-0.3, -0.25) is 15.3 Å². The molecule has 5 nitrogen and oxygen atoms in total. The van der Waals surface area contributed by atoms with Gasteiger partial charge in [-0.05, 0) is 34.0 Å². The summed E-state index contributed by atoms with van der Waals surface area (Å²) in [5.74, 6) is 0.275. The monoisotopic (exact) mass is 312 g/mol. The second kappa shape index (κ2) is 6.49. The molecular weight excluding hydrogens is 296 g/mol. The van der Waals surface area contributed by atoms with E-state index in [1.54, 1.807) is 12.4 Å². The summed E-state index contributed by atoms with van der Waals surface area (Å²) in [7, 11) is 0. The number of rotatable bonds is 1. The van der Waals surface area contributed by atoms with Gasteiger partial charge in [0.2, 0.25) is 0 Å². The first-order chi connectivity index (χ1) is 8.59. The standard InChI is InChI=1S/C10H11BrN4O.C2H6/c11-7-3-6(4-14-5-7)8-1-2-9(12)15(8)10(13)16;1-2/h3-5,8,12H,1-2H2,(H2,13,16);1-2H3. The summed E-state index contributed by atoms with van der Waals surface area (Å²) in [4.78, 5) is 16.6. The molecule has 1 saturated heterocycles. The molecule has 18 heavy (non-hydrogen) atoms. The van der Waals surface area contributed by atoms with E-state index < -0.39 is 6.03 Å². The van der Waals surface area contributed by atoms with Gasteiger partial charge in [0.25, 0.3) is 0 Å². The van der Waals surface area contributed by atoms with E-state index in [4.69, 9.17) is 11.1 Å². The first-order valence-corrected chi connectivity index (χ1v) is 6.65. The Labute approximate surface area is 115 Å². The van der Waals surface area contributed by atoms with Gasteiger partial charge in [0, 0.05) is 23.3 Å². The van der Waals surface area contributed by atoms with Crippen molar-refractivity contribution in [2.24, 2.45) is 5.73 Å². The van der Waals surface area contributed by atoms with Crippen LogP contribution in [0.1, 0.15) is 38.3 Å². The van der Waals surface area contributed by atoms with Crippen LogP contribution in [0.4, 0.5) is 4.79 Å². The molecule has 0 saturated carbocycles. The third-order valence-corrected chi connectivity index (χ3v) is 3.04. The largest absolute Gasteiger partial charge is 0.351 e. The molecule has 0 spiro atoms. The van der Waals surface area contributed by atoms with Gasteiger partial charge in [-0.25, -0.2) is 4.79 Å². The van der Waals surface area contributed by atoms with Crippen molar-refractivity contribution in [3.05, 3.63) is 28.5 Å². The van der Waals surface area contributed by atoms with Crippen LogP contribution in [-0.4, -0.2) is 21.8 Å². The van der Waals surface area contributed by atoms with E-state index in [9.17, 15) is 4.79 Å². The maximum Gasteiger partial charge on any atom is 0.320 e. The number of amides is 2. The lowest BCUT2D eigenvalue weighted by molar-refractivity contribution is 0.221. The van der Waals surface area contributed by atoms with Crippen LogP contribution in [0.2, 0.25) is 0 Å². The molecule has 1 aliphatic rings. The molecule has 1 aromatic heterocycles. The molecule has 1 aromatic rings. The Kier molecular flexibility index (Phi) is 5.27. The summed E-state index contributed by atoms with van der Waals surface area (Å²) >= 11 is 3.33. The lowest BCUT2D eigenvalue weighted by atomic mass is 10.1. The average Bonchev–Trinajstić information content (AvgIpc) is 2.74. The SMILES string of the molecule is CC.N=C1CCC(c2cncc(Br)c2)N1C(N)=O. The average molecular weight is 313 g/mol. The van der Waals surface area contributed by atoms with Crippen molar-refractivity contribution in [2.75, 3.05) is 0 Å². The number of carbonyl (C=O) groups is 1. The van der Waals surface area contributed by atoms with Crippen LogP contribution in [0.25, 0.3) is 0 Å². The van der Waals surface area contributed by atoms with Gasteiger partial charge in [-0.2, -0.15) is 0 Å². The fourth-order valence-corrected chi connectivity index (χ4v) is 2.31. The van der Waals surface area contributed by atoms with Gasteiger partial charge in [0.05, 0.1) is 6.04 Å². The number of aromatic nitrogens is 1. The van der Waals surface area contributed by atoms with Gasteiger partial charge in [0.15, 0.2) is 0 Å². The minimum atomic E-state index is -0.576. The smallest absolute Gasteiger partial charge is 0.320 e. The Morgan fingerprint density at radius 3 is 2.78 bits per heavy atom. The molecule has 0 aromatic carbocycles. The molecule has 1 aliphatic heterocycles.